The summed E-state index contributed by atoms with van der Waals surface area (Å²) >= 11 is 0. The molecule has 1 amide bonds. The molecule has 0 aromatic heterocycles. The van der Waals surface area contributed by atoms with Gasteiger partial charge in [0.15, 0.2) is 11.6 Å². The van der Waals surface area contributed by atoms with Crippen LogP contribution in [0.1, 0.15) is 25.7 Å². The number of benzene rings is 1. The number of amides is 1. The number of hydrogen-bond acceptors (Lipinski definition) is 3. The van der Waals surface area contributed by atoms with Crippen molar-refractivity contribution < 1.29 is 23.8 Å². The smallest absolute Gasteiger partial charge is 0.305 e. The van der Waals surface area contributed by atoms with E-state index < -0.39 is 11.8 Å². The minimum absolute atomic E-state index is 0.0528. The van der Waals surface area contributed by atoms with Gasteiger partial charge >= 0.3 is 5.97 Å². The highest BCUT2D eigenvalue weighted by molar-refractivity contribution is 5.77. The van der Waals surface area contributed by atoms with Crippen LogP contribution in [0.2, 0.25) is 0 Å². The number of carboxylic acid groups (broad SMARTS) is 1. The van der Waals surface area contributed by atoms with Crippen LogP contribution >= 0.6 is 0 Å². The number of hydrogen-bond donors (Lipinski definition) is 2. The fourth-order valence-corrected chi connectivity index (χ4v) is 2.12. The number of nitrogens with one attached hydrogen (secondary N) is 1. The number of ether oxygens (including phenoxy) is 1. The zero-order valence-electron chi connectivity index (χ0n) is 11.5. The summed E-state index contributed by atoms with van der Waals surface area (Å²) in [5.41, 5.74) is 0. The summed E-state index contributed by atoms with van der Waals surface area (Å²) < 4.78 is 18.5. The lowest BCUT2D eigenvalue weighted by Gasteiger charge is -2.16. The molecule has 1 saturated carbocycles. The number of carbonyl (C=O) groups excluding carboxylic acids is 1. The third-order valence-electron chi connectivity index (χ3n) is 3.36. The molecule has 0 bridgehead atoms. The third-order valence-corrected chi connectivity index (χ3v) is 3.36. The van der Waals surface area contributed by atoms with Gasteiger partial charge in [0, 0.05) is 6.04 Å². The first kappa shape index (κ1) is 15.3. The average molecular weight is 295 g/mol. The van der Waals surface area contributed by atoms with E-state index in [4.69, 9.17) is 9.84 Å². The monoisotopic (exact) mass is 295 g/mol. The molecule has 0 saturated heterocycles. The van der Waals surface area contributed by atoms with Crippen molar-refractivity contribution in [2.75, 3.05) is 6.61 Å². The second-order valence-corrected chi connectivity index (χ2v) is 5.14. The molecule has 0 aliphatic heterocycles. The van der Waals surface area contributed by atoms with E-state index in [1.807, 2.05) is 0 Å². The van der Waals surface area contributed by atoms with Crippen LogP contribution < -0.4 is 10.1 Å². The first-order chi connectivity index (χ1) is 10.1. The van der Waals surface area contributed by atoms with Crippen LogP contribution in [0.15, 0.2) is 24.3 Å². The largest absolute Gasteiger partial charge is 0.490 e. The first-order valence-corrected chi connectivity index (χ1v) is 6.94. The van der Waals surface area contributed by atoms with Crippen molar-refractivity contribution in [1.29, 1.82) is 0 Å². The van der Waals surface area contributed by atoms with Gasteiger partial charge in [-0.1, -0.05) is 12.1 Å². The Kier molecular flexibility index (Phi) is 5.14. The van der Waals surface area contributed by atoms with Gasteiger partial charge in [0.2, 0.25) is 5.91 Å². The highest BCUT2D eigenvalue weighted by atomic mass is 19.1. The van der Waals surface area contributed by atoms with E-state index in [2.05, 4.69) is 5.32 Å². The molecule has 1 fully saturated rings. The summed E-state index contributed by atoms with van der Waals surface area (Å²) in [6.07, 6.45) is 1.90. The standard InChI is InChI=1S/C15H18FNO4/c16-11-3-1-2-4-13(11)21-8-7-14(18)17-12(9-15(19)20)10-5-6-10/h1-4,10,12H,5-9H2,(H,17,18)(H,19,20). The van der Waals surface area contributed by atoms with Crippen LogP contribution in [0.4, 0.5) is 4.39 Å². The van der Waals surface area contributed by atoms with Gasteiger partial charge < -0.3 is 15.2 Å². The maximum Gasteiger partial charge on any atom is 0.305 e. The lowest BCUT2D eigenvalue weighted by molar-refractivity contribution is -0.137. The molecular weight excluding hydrogens is 277 g/mol. The van der Waals surface area contributed by atoms with Gasteiger partial charge in [0.05, 0.1) is 19.4 Å². The summed E-state index contributed by atoms with van der Waals surface area (Å²) in [4.78, 5) is 22.5. The number of carboxylic acids is 1. The fourth-order valence-electron chi connectivity index (χ4n) is 2.12. The van der Waals surface area contributed by atoms with Crippen molar-refractivity contribution in [3.8, 4) is 5.75 Å². The van der Waals surface area contributed by atoms with Crippen molar-refractivity contribution >= 4 is 11.9 Å². The molecule has 21 heavy (non-hydrogen) atoms. The molecule has 6 heteroatoms. The van der Waals surface area contributed by atoms with Gasteiger partial charge in [0.1, 0.15) is 0 Å². The van der Waals surface area contributed by atoms with Crippen LogP contribution in [-0.2, 0) is 9.59 Å². The van der Waals surface area contributed by atoms with Crippen LogP contribution in [-0.4, -0.2) is 29.6 Å². The molecular formula is C15H18FNO4. The van der Waals surface area contributed by atoms with E-state index in [-0.39, 0.29) is 43.1 Å². The van der Waals surface area contributed by atoms with Gasteiger partial charge in [-0.05, 0) is 30.9 Å². The van der Waals surface area contributed by atoms with Gasteiger partial charge in [-0.15, -0.1) is 0 Å². The third kappa shape index (κ3) is 5.06. The van der Waals surface area contributed by atoms with E-state index in [0.717, 1.165) is 12.8 Å². The van der Waals surface area contributed by atoms with E-state index in [1.54, 1.807) is 12.1 Å². The van der Waals surface area contributed by atoms with E-state index in [0.29, 0.717) is 0 Å². The van der Waals surface area contributed by atoms with Gasteiger partial charge in [-0.2, -0.15) is 0 Å². The lowest BCUT2D eigenvalue weighted by atomic mass is 10.1. The Morgan fingerprint density at radius 3 is 2.71 bits per heavy atom. The van der Waals surface area contributed by atoms with Gasteiger partial charge in [-0.25, -0.2) is 4.39 Å². The summed E-state index contributed by atoms with van der Waals surface area (Å²) in [5.74, 6) is -1.30. The molecule has 0 heterocycles. The topological polar surface area (TPSA) is 75.6 Å². The van der Waals surface area contributed by atoms with E-state index >= 15 is 0 Å². The maximum atomic E-state index is 13.3. The van der Waals surface area contributed by atoms with Crippen molar-refractivity contribution in [1.82, 2.24) is 5.32 Å². The van der Waals surface area contributed by atoms with Crippen LogP contribution in [0, 0.1) is 11.7 Å². The van der Waals surface area contributed by atoms with Gasteiger partial charge in [0.25, 0.3) is 0 Å². The number of rotatable bonds is 8. The number of para-hydroxylation sites is 1. The Hall–Kier alpha value is -2.11. The average Bonchev–Trinajstić information content (AvgIpc) is 3.24. The second kappa shape index (κ2) is 7.06. The predicted molar refractivity (Wildman–Crippen MR) is 73.4 cm³/mol. The SMILES string of the molecule is O=C(O)CC(NC(=O)CCOc1ccccc1F)C1CC1. The van der Waals surface area contributed by atoms with Crippen molar-refractivity contribution in [2.45, 2.75) is 31.7 Å². The van der Waals surface area contributed by atoms with Crippen LogP contribution in [0.5, 0.6) is 5.75 Å². The molecule has 1 aromatic rings. The zero-order chi connectivity index (χ0) is 15.2. The second-order valence-electron chi connectivity index (χ2n) is 5.14. The number of halogens is 1. The molecule has 1 unspecified atom stereocenters. The first-order valence-electron chi connectivity index (χ1n) is 6.94. The Labute approximate surface area is 122 Å². The molecule has 5 nitrogen and oxygen atoms in total. The summed E-state index contributed by atoms with van der Waals surface area (Å²) in [6, 6.07) is 5.66. The molecule has 1 aliphatic carbocycles. The molecule has 1 atom stereocenters. The van der Waals surface area contributed by atoms with Crippen LogP contribution in [0.25, 0.3) is 0 Å². The predicted octanol–water partition coefficient (Wildman–Crippen LogP) is 1.96. The quantitative estimate of drug-likeness (QED) is 0.769. The Morgan fingerprint density at radius 1 is 1.38 bits per heavy atom. The molecule has 0 radical (unpaired) electrons. The Morgan fingerprint density at radius 2 is 2.10 bits per heavy atom. The van der Waals surface area contributed by atoms with Crippen LogP contribution in [0.3, 0.4) is 0 Å². The summed E-state index contributed by atoms with van der Waals surface area (Å²) in [5, 5.41) is 11.5. The van der Waals surface area contributed by atoms with Gasteiger partial charge in [-0.3, -0.25) is 9.59 Å². The molecule has 1 aromatic carbocycles. The summed E-state index contributed by atoms with van der Waals surface area (Å²) in [6.45, 7) is 0.0528. The minimum atomic E-state index is -0.921. The maximum absolute atomic E-state index is 13.3. The zero-order valence-corrected chi connectivity index (χ0v) is 11.5. The minimum Gasteiger partial charge on any atom is -0.490 e. The molecule has 0 spiro atoms. The van der Waals surface area contributed by atoms with E-state index in [9.17, 15) is 14.0 Å². The molecule has 2 N–H and O–H groups in total. The Bertz CT molecular complexity index is 516. The highest BCUT2D eigenvalue weighted by Gasteiger charge is 2.33. The molecule has 114 valence electrons. The normalized spacial score (nSPS) is 15.3. The number of aliphatic carboxylic acids is 1. The summed E-state index contributed by atoms with van der Waals surface area (Å²) in [7, 11) is 0. The highest BCUT2D eigenvalue weighted by Crippen LogP contribution is 2.34. The van der Waals surface area contributed by atoms with Crippen molar-refractivity contribution in [2.24, 2.45) is 5.92 Å². The lowest BCUT2D eigenvalue weighted by Crippen LogP contribution is -2.38. The van der Waals surface area contributed by atoms with Crippen molar-refractivity contribution in [3.05, 3.63) is 30.1 Å². The van der Waals surface area contributed by atoms with E-state index in [1.165, 1.54) is 12.1 Å². The molecule has 1 aliphatic rings. The fraction of sp³-hybridized carbons (Fsp3) is 0.467. The molecule has 2 rings (SSSR count). The van der Waals surface area contributed by atoms with Crippen molar-refractivity contribution in [3.63, 3.8) is 0 Å². The Balaban J connectivity index is 1.74. The number of carbonyl (C=O) groups is 2.